The molecule has 132 valence electrons. The molecule has 2 heterocycles. The van der Waals surface area contributed by atoms with Crippen LogP contribution in [0.4, 0.5) is 17.5 Å². The molecule has 0 aliphatic heterocycles. The lowest BCUT2D eigenvalue weighted by Crippen LogP contribution is -2.07. The van der Waals surface area contributed by atoms with E-state index < -0.39 is 0 Å². The molecule has 4 aromatic rings. The van der Waals surface area contributed by atoms with E-state index in [9.17, 15) is 0 Å². The van der Waals surface area contributed by atoms with Gasteiger partial charge in [0.2, 0.25) is 5.95 Å². The largest absolute Gasteiger partial charge is 0.348 e. The van der Waals surface area contributed by atoms with Crippen molar-refractivity contribution in [1.29, 1.82) is 0 Å². The molecule has 0 atom stereocenters. The Morgan fingerprint density at radius 1 is 0.741 bits per heavy atom. The van der Waals surface area contributed by atoms with Gasteiger partial charge < -0.3 is 10.6 Å². The summed E-state index contributed by atoms with van der Waals surface area (Å²) < 4.78 is 0. The molecular weight excluding hydrogens is 334 g/mol. The molecule has 0 unspecified atom stereocenters. The van der Waals surface area contributed by atoms with Crippen molar-refractivity contribution in [3.8, 4) is 11.3 Å². The molecule has 2 aromatic carbocycles. The molecule has 0 spiro atoms. The number of benzene rings is 2. The summed E-state index contributed by atoms with van der Waals surface area (Å²) in [7, 11) is 0. The van der Waals surface area contributed by atoms with Crippen LogP contribution in [0.3, 0.4) is 0 Å². The third kappa shape index (κ3) is 4.46. The van der Waals surface area contributed by atoms with Crippen molar-refractivity contribution in [3.63, 3.8) is 0 Å². The second-order valence-electron chi connectivity index (χ2n) is 5.99. The Hall–Kier alpha value is -3.73. The maximum Gasteiger partial charge on any atom is 0.225 e. The highest BCUT2D eigenvalue weighted by Gasteiger charge is 2.07. The third-order valence-electron chi connectivity index (χ3n) is 4.00. The van der Waals surface area contributed by atoms with Crippen LogP contribution in [-0.4, -0.2) is 15.0 Å². The molecule has 5 nitrogen and oxygen atoms in total. The molecule has 4 rings (SSSR count). The highest BCUT2D eigenvalue weighted by molar-refractivity contribution is 5.67. The second kappa shape index (κ2) is 8.10. The average molecular weight is 353 g/mol. The molecule has 5 heteroatoms. The van der Waals surface area contributed by atoms with Gasteiger partial charge in [-0.2, -0.15) is 4.98 Å². The summed E-state index contributed by atoms with van der Waals surface area (Å²) in [5.41, 5.74) is 3.80. The van der Waals surface area contributed by atoms with Gasteiger partial charge in [-0.15, -0.1) is 0 Å². The topological polar surface area (TPSA) is 62.7 Å². The maximum absolute atomic E-state index is 4.67. The van der Waals surface area contributed by atoms with Crippen LogP contribution in [0.15, 0.2) is 91.1 Å². The highest BCUT2D eigenvalue weighted by atomic mass is 15.1. The Bertz CT molecular complexity index is 989. The maximum atomic E-state index is 4.67. The van der Waals surface area contributed by atoms with Gasteiger partial charge in [0, 0.05) is 23.5 Å². The van der Waals surface area contributed by atoms with E-state index in [-0.39, 0.29) is 0 Å². The zero-order valence-electron chi connectivity index (χ0n) is 14.7. The van der Waals surface area contributed by atoms with Crippen molar-refractivity contribution in [2.45, 2.75) is 6.54 Å². The molecular formula is C22H19N5. The molecule has 2 aromatic heterocycles. The summed E-state index contributed by atoms with van der Waals surface area (Å²) in [5, 5.41) is 6.62. The Kier molecular flexibility index (Phi) is 5.02. The van der Waals surface area contributed by atoms with Crippen LogP contribution in [0.2, 0.25) is 0 Å². The molecule has 2 N–H and O–H groups in total. The van der Waals surface area contributed by atoms with Crippen LogP contribution >= 0.6 is 0 Å². The lowest BCUT2D eigenvalue weighted by atomic mass is 10.1. The van der Waals surface area contributed by atoms with Crippen LogP contribution in [0.1, 0.15) is 5.69 Å². The first kappa shape index (κ1) is 16.7. The van der Waals surface area contributed by atoms with Gasteiger partial charge in [-0.1, -0.05) is 54.6 Å². The van der Waals surface area contributed by atoms with Crippen LogP contribution < -0.4 is 10.6 Å². The number of anilines is 3. The fourth-order valence-electron chi connectivity index (χ4n) is 2.69. The molecule has 0 aliphatic carbocycles. The Morgan fingerprint density at radius 3 is 2.22 bits per heavy atom. The first-order valence-corrected chi connectivity index (χ1v) is 8.77. The molecule has 0 saturated heterocycles. The van der Waals surface area contributed by atoms with Gasteiger partial charge in [-0.25, -0.2) is 4.98 Å². The number of pyridine rings is 1. The monoisotopic (exact) mass is 353 g/mol. The predicted molar refractivity (Wildman–Crippen MR) is 109 cm³/mol. The van der Waals surface area contributed by atoms with Crippen molar-refractivity contribution in [3.05, 3.63) is 96.8 Å². The minimum Gasteiger partial charge on any atom is -0.348 e. The van der Waals surface area contributed by atoms with E-state index in [2.05, 4.69) is 25.6 Å². The van der Waals surface area contributed by atoms with Gasteiger partial charge in [0.15, 0.2) is 0 Å². The van der Waals surface area contributed by atoms with Crippen molar-refractivity contribution in [2.24, 2.45) is 0 Å². The molecule has 0 saturated carbocycles. The van der Waals surface area contributed by atoms with E-state index in [0.717, 1.165) is 28.5 Å². The number of nitrogens with zero attached hydrogens (tertiary/aromatic N) is 3. The second-order valence-corrected chi connectivity index (χ2v) is 5.99. The summed E-state index contributed by atoms with van der Waals surface area (Å²) in [6.45, 7) is 0.559. The summed E-state index contributed by atoms with van der Waals surface area (Å²) in [4.78, 5) is 13.6. The first-order chi connectivity index (χ1) is 13.4. The van der Waals surface area contributed by atoms with Crippen molar-refractivity contribution < 1.29 is 0 Å². The SMILES string of the molecule is c1ccc(Nc2cc(-c3ccccc3)nc(NCc3ccccn3)n2)cc1. The van der Waals surface area contributed by atoms with E-state index in [1.165, 1.54) is 0 Å². The van der Waals surface area contributed by atoms with Crippen LogP contribution in [0, 0.1) is 0 Å². The Morgan fingerprint density at radius 2 is 1.48 bits per heavy atom. The van der Waals surface area contributed by atoms with Gasteiger partial charge in [0.25, 0.3) is 0 Å². The first-order valence-electron chi connectivity index (χ1n) is 8.77. The summed E-state index contributed by atoms with van der Waals surface area (Å²) >= 11 is 0. The minimum absolute atomic E-state index is 0.556. The zero-order valence-corrected chi connectivity index (χ0v) is 14.7. The molecule has 27 heavy (non-hydrogen) atoms. The lowest BCUT2D eigenvalue weighted by molar-refractivity contribution is 1.00. The molecule has 0 aliphatic rings. The molecule has 0 fully saturated rings. The molecule has 0 amide bonds. The van der Waals surface area contributed by atoms with Gasteiger partial charge in [-0.05, 0) is 24.3 Å². The van der Waals surface area contributed by atoms with E-state index in [1.54, 1.807) is 6.20 Å². The van der Waals surface area contributed by atoms with Crippen LogP contribution in [-0.2, 0) is 6.54 Å². The number of rotatable bonds is 6. The molecule has 0 bridgehead atoms. The summed E-state index contributed by atoms with van der Waals surface area (Å²) in [6, 6.07) is 27.8. The normalized spacial score (nSPS) is 10.4. The van der Waals surface area contributed by atoms with E-state index in [0.29, 0.717) is 12.5 Å². The predicted octanol–water partition coefficient (Wildman–Crippen LogP) is 4.89. The van der Waals surface area contributed by atoms with E-state index >= 15 is 0 Å². The summed E-state index contributed by atoms with van der Waals surface area (Å²) in [5.74, 6) is 1.29. The fraction of sp³-hybridized carbons (Fsp3) is 0.0455. The summed E-state index contributed by atoms with van der Waals surface area (Å²) in [6.07, 6.45) is 1.78. The number of hydrogen-bond donors (Lipinski definition) is 2. The molecule has 0 radical (unpaired) electrons. The van der Waals surface area contributed by atoms with Gasteiger partial charge in [0.05, 0.1) is 17.9 Å². The average Bonchev–Trinajstić information content (AvgIpc) is 2.74. The van der Waals surface area contributed by atoms with Crippen molar-refractivity contribution in [2.75, 3.05) is 10.6 Å². The smallest absolute Gasteiger partial charge is 0.225 e. The number of para-hydroxylation sites is 1. The number of nitrogens with one attached hydrogen (secondary N) is 2. The standard InChI is InChI=1S/C22H19N5/c1-3-9-17(10-4-1)20-15-21(25-18-11-5-2-6-12-18)27-22(26-20)24-16-19-13-7-8-14-23-19/h1-15H,16H2,(H2,24,25,26,27). The van der Waals surface area contributed by atoms with Crippen molar-refractivity contribution in [1.82, 2.24) is 15.0 Å². The number of aromatic nitrogens is 3. The quantitative estimate of drug-likeness (QED) is 0.516. The Labute approximate surface area is 158 Å². The van der Waals surface area contributed by atoms with E-state index in [1.807, 2.05) is 84.9 Å². The lowest BCUT2D eigenvalue weighted by Gasteiger charge is -2.11. The van der Waals surface area contributed by atoms with Gasteiger partial charge >= 0.3 is 0 Å². The third-order valence-corrected chi connectivity index (χ3v) is 4.00. The number of hydrogen-bond acceptors (Lipinski definition) is 5. The van der Waals surface area contributed by atoms with E-state index in [4.69, 9.17) is 0 Å². The highest BCUT2D eigenvalue weighted by Crippen LogP contribution is 2.23. The van der Waals surface area contributed by atoms with Crippen molar-refractivity contribution >= 4 is 17.5 Å². The van der Waals surface area contributed by atoms with Gasteiger partial charge in [-0.3, -0.25) is 4.98 Å². The van der Waals surface area contributed by atoms with Crippen LogP contribution in [0.25, 0.3) is 11.3 Å². The van der Waals surface area contributed by atoms with Crippen LogP contribution in [0.5, 0.6) is 0 Å². The fourth-order valence-corrected chi connectivity index (χ4v) is 2.69. The minimum atomic E-state index is 0.556. The zero-order chi connectivity index (χ0) is 18.3. The van der Waals surface area contributed by atoms with Gasteiger partial charge in [0.1, 0.15) is 5.82 Å². The Balaban J connectivity index is 1.63.